The molecule has 0 spiro atoms. The van der Waals surface area contributed by atoms with Crippen LogP contribution in [0.15, 0.2) is 34.9 Å². The first-order valence-corrected chi connectivity index (χ1v) is 4.93. The summed E-state index contributed by atoms with van der Waals surface area (Å²) in [6.45, 7) is 0.844. The summed E-state index contributed by atoms with van der Waals surface area (Å²) in [6, 6.07) is 9.81. The van der Waals surface area contributed by atoms with Crippen LogP contribution in [-0.4, -0.2) is 23.7 Å². The lowest BCUT2D eigenvalue weighted by atomic mass is 10.2. The Labute approximate surface area is 88.3 Å². The van der Waals surface area contributed by atoms with Gasteiger partial charge in [0, 0.05) is 18.5 Å². The molecule has 0 saturated carbocycles. The van der Waals surface area contributed by atoms with E-state index in [0.717, 1.165) is 18.5 Å². The second kappa shape index (κ2) is 4.70. The SMILES string of the molecule is CNCCc1nc(-c2ccccc2)no1. The van der Waals surface area contributed by atoms with E-state index in [9.17, 15) is 0 Å². The summed E-state index contributed by atoms with van der Waals surface area (Å²) >= 11 is 0. The van der Waals surface area contributed by atoms with E-state index in [-0.39, 0.29) is 0 Å². The van der Waals surface area contributed by atoms with Crippen LogP contribution >= 0.6 is 0 Å². The maximum absolute atomic E-state index is 5.12. The van der Waals surface area contributed by atoms with Gasteiger partial charge in [-0.05, 0) is 7.05 Å². The van der Waals surface area contributed by atoms with Crippen LogP contribution in [0, 0.1) is 0 Å². The summed E-state index contributed by atoms with van der Waals surface area (Å²) in [4.78, 5) is 4.30. The lowest BCUT2D eigenvalue weighted by molar-refractivity contribution is 0.377. The molecule has 2 rings (SSSR count). The topological polar surface area (TPSA) is 51.0 Å². The summed E-state index contributed by atoms with van der Waals surface area (Å²) in [5.74, 6) is 1.32. The predicted molar refractivity (Wildman–Crippen MR) is 57.4 cm³/mol. The Balaban J connectivity index is 2.14. The van der Waals surface area contributed by atoms with Crippen LogP contribution in [-0.2, 0) is 6.42 Å². The molecule has 0 aliphatic heterocycles. The summed E-state index contributed by atoms with van der Waals surface area (Å²) in [7, 11) is 1.90. The van der Waals surface area contributed by atoms with E-state index in [1.54, 1.807) is 0 Å². The van der Waals surface area contributed by atoms with Gasteiger partial charge >= 0.3 is 0 Å². The van der Waals surface area contributed by atoms with Crippen molar-refractivity contribution in [3.8, 4) is 11.4 Å². The fourth-order valence-electron chi connectivity index (χ4n) is 1.29. The Morgan fingerprint density at radius 1 is 1.27 bits per heavy atom. The molecule has 4 heteroatoms. The highest BCUT2D eigenvalue weighted by molar-refractivity contribution is 5.53. The molecule has 78 valence electrons. The molecule has 0 radical (unpaired) electrons. The first-order valence-electron chi connectivity index (χ1n) is 4.93. The van der Waals surface area contributed by atoms with Crippen LogP contribution in [0.5, 0.6) is 0 Å². The van der Waals surface area contributed by atoms with Gasteiger partial charge in [0.05, 0.1) is 0 Å². The molecule has 0 fully saturated rings. The molecule has 0 saturated heterocycles. The van der Waals surface area contributed by atoms with Crippen LogP contribution in [0.4, 0.5) is 0 Å². The minimum absolute atomic E-state index is 0.654. The van der Waals surface area contributed by atoms with Crippen molar-refractivity contribution >= 4 is 0 Å². The third kappa shape index (κ3) is 2.41. The number of aromatic nitrogens is 2. The highest BCUT2D eigenvalue weighted by Crippen LogP contribution is 2.14. The predicted octanol–water partition coefficient (Wildman–Crippen LogP) is 1.50. The molecule has 0 bridgehead atoms. The monoisotopic (exact) mass is 203 g/mol. The van der Waals surface area contributed by atoms with Gasteiger partial charge in [0.15, 0.2) is 0 Å². The Morgan fingerprint density at radius 2 is 2.07 bits per heavy atom. The number of hydrogen-bond donors (Lipinski definition) is 1. The quantitative estimate of drug-likeness (QED) is 0.818. The molecule has 2 aromatic rings. The number of hydrogen-bond acceptors (Lipinski definition) is 4. The Morgan fingerprint density at radius 3 is 2.80 bits per heavy atom. The molecular formula is C11H13N3O. The van der Waals surface area contributed by atoms with E-state index in [0.29, 0.717) is 11.7 Å². The zero-order valence-corrected chi connectivity index (χ0v) is 8.60. The molecule has 4 nitrogen and oxygen atoms in total. The first-order chi connectivity index (χ1) is 7.40. The van der Waals surface area contributed by atoms with Crippen molar-refractivity contribution in [2.24, 2.45) is 0 Å². The molecular weight excluding hydrogens is 190 g/mol. The maximum Gasteiger partial charge on any atom is 0.228 e. The minimum atomic E-state index is 0.654. The van der Waals surface area contributed by atoms with Crippen molar-refractivity contribution in [3.63, 3.8) is 0 Å². The van der Waals surface area contributed by atoms with E-state index >= 15 is 0 Å². The molecule has 0 aliphatic rings. The summed E-state index contributed by atoms with van der Waals surface area (Å²) in [5.41, 5.74) is 0.983. The fourth-order valence-corrected chi connectivity index (χ4v) is 1.29. The summed E-state index contributed by atoms with van der Waals surface area (Å²) in [5, 5.41) is 6.96. The third-order valence-electron chi connectivity index (χ3n) is 2.09. The van der Waals surface area contributed by atoms with Crippen LogP contribution in [0.2, 0.25) is 0 Å². The molecule has 15 heavy (non-hydrogen) atoms. The lowest BCUT2D eigenvalue weighted by Gasteiger charge is -1.91. The van der Waals surface area contributed by atoms with Crippen molar-refractivity contribution in [1.82, 2.24) is 15.5 Å². The van der Waals surface area contributed by atoms with Crippen LogP contribution < -0.4 is 5.32 Å². The highest BCUT2D eigenvalue weighted by atomic mass is 16.5. The molecule has 1 N–H and O–H groups in total. The second-order valence-electron chi connectivity index (χ2n) is 3.23. The number of nitrogens with one attached hydrogen (secondary N) is 1. The van der Waals surface area contributed by atoms with Gasteiger partial charge in [0.1, 0.15) is 0 Å². The average Bonchev–Trinajstić information content (AvgIpc) is 2.76. The lowest BCUT2D eigenvalue weighted by Crippen LogP contribution is -2.10. The smallest absolute Gasteiger partial charge is 0.228 e. The van der Waals surface area contributed by atoms with E-state index in [4.69, 9.17) is 4.52 Å². The molecule has 1 aromatic heterocycles. The van der Waals surface area contributed by atoms with Gasteiger partial charge in [-0.2, -0.15) is 4.98 Å². The summed E-state index contributed by atoms with van der Waals surface area (Å²) in [6.07, 6.45) is 0.760. The van der Waals surface area contributed by atoms with Crippen molar-refractivity contribution in [2.75, 3.05) is 13.6 Å². The molecule has 0 atom stereocenters. The van der Waals surface area contributed by atoms with Crippen molar-refractivity contribution < 1.29 is 4.52 Å². The van der Waals surface area contributed by atoms with Crippen molar-refractivity contribution in [1.29, 1.82) is 0 Å². The Kier molecular flexibility index (Phi) is 3.09. The highest BCUT2D eigenvalue weighted by Gasteiger charge is 2.06. The summed E-state index contributed by atoms with van der Waals surface area (Å²) < 4.78 is 5.12. The Bertz CT molecular complexity index is 411. The normalized spacial score (nSPS) is 10.5. The molecule has 1 heterocycles. The zero-order chi connectivity index (χ0) is 10.5. The largest absolute Gasteiger partial charge is 0.339 e. The van der Waals surface area contributed by atoms with Crippen molar-refractivity contribution in [2.45, 2.75) is 6.42 Å². The van der Waals surface area contributed by atoms with Gasteiger partial charge in [0.2, 0.25) is 11.7 Å². The standard InChI is InChI=1S/C11H13N3O/c1-12-8-7-10-13-11(14-15-10)9-5-3-2-4-6-9/h2-6,12H,7-8H2,1H3. The van der Waals surface area contributed by atoms with Crippen LogP contribution in [0.3, 0.4) is 0 Å². The van der Waals surface area contributed by atoms with E-state index in [1.165, 1.54) is 0 Å². The number of benzene rings is 1. The molecule has 1 aromatic carbocycles. The fraction of sp³-hybridized carbons (Fsp3) is 0.273. The van der Waals surface area contributed by atoms with E-state index < -0.39 is 0 Å². The average molecular weight is 203 g/mol. The number of rotatable bonds is 4. The molecule has 0 unspecified atom stereocenters. The number of likely N-dealkylation sites (N-methyl/N-ethyl adjacent to an activating group) is 1. The van der Waals surface area contributed by atoms with Crippen LogP contribution in [0.25, 0.3) is 11.4 Å². The van der Waals surface area contributed by atoms with Gasteiger partial charge in [-0.15, -0.1) is 0 Å². The minimum Gasteiger partial charge on any atom is -0.339 e. The Hall–Kier alpha value is -1.68. The third-order valence-corrected chi connectivity index (χ3v) is 2.09. The molecule has 0 aliphatic carbocycles. The first kappa shape index (κ1) is 9.86. The van der Waals surface area contributed by atoms with Gasteiger partial charge in [-0.1, -0.05) is 35.5 Å². The zero-order valence-electron chi connectivity index (χ0n) is 8.60. The second-order valence-corrected chi connectivity index (χ2v) is 3.23. The van der Waals surface area contributed by atoms with Gasteiger partial charge in [0.25, 0.3) is 0 Å². The van der Waals surface area contributed by atoms with Gasteiger partial charge in [-0.25, -0.2) is 0 Å². The number of nitrogens with zero attached hydrogens (tertiary/aromatic N) is 2. The molecule has 0 amide bonds. The van der Waals surface area contributed by atoms with Gasteiger partial charge in [-0.3, -0.25) is 0 Å². The van der Waals surface area contributed by atoms with E-state index in [2.05, 4.69) is 15.5 Å². The van der Waals surface area contributed by atoms with Gasteiger partial charge < -0.3 is 9.84 Å². The van der Waals surface area contributed by atoms with Crippen LogP contribution in [0.1, 0.15) is 5.89 Å². The van der Waals surface area contributed by atoms with E-state index in [1.807, 2.05) is 37.4 Å². The van der Waals surface area contributed by atoms with Crippen molar-refractivity contribution in [3.05, 3.63) is 36.2 Å². The maximum atomic E-state index is 5.12.